The number of hydrogen-bond acceptors (Lipinski definition) is 2. The first-order chi connectivity index (χ1) is 7.09. The van der Waals surface area contributed by atoms with Crippen molar-refractivity contribution in [2.45, 2.75) is 58.5 Å². The average Bonchev–Trinajstić information content (AvgIpc) is 2.63. The zero-order chi connectivity index (χ0) is 11.3. The zero-order valence-corrected chi connectivity index (χ0v) is 10.6. The molecule has 1 rings (SSSR count). The predicted molar refractivity (Wildman–Crippen MR) is 65.0 cm³/mol. The highest BCUT2D eigenvalue weighted by Crippen LogP contribution is 2.30. The summed E-state index contributed by atoms with van der Waals surface area (Å²) in [5, 5.41) is 10.3. The van der Waals surface area contributed by atoms with Gasteiger partial charge in [-0.1, -0.05) is 40.0 Å². The van der Waals surface area contributed by atoms with Gasteiger partial charge < -0.3 is 10.0 Å². The van der Waals surface area contributed by atoms with E-state index in [2.05, 4.69) is 25.7 Å². The monoisotopic (exact) mass is 213 g/mol. The second kappa shape index (κ2) is 5.86. The topological polar surface area (TPSA) is 23.5 Å². The van der Waals surface area contributed by atoms with Gasteiger partial charge in [-0.05, 0) is 25.3 Å². The van der Waals surface area contributed by atoms with E-state index in [4.69, 9.17) is 0 Å². The minimum Gasteiger partial charge on any atom is -0.389 e. The third-order valence-corrected chi connectivity index (χ3v) is 3.77. The van der Waals surface area contributed by atoms with Gasteiger partial charge in [0, 0.05) is 13.1 Å². The van der Waals surface area contributed by atoms with Crippen LogP contribution in [0.1, 0.15) is 52.9 Å². The van der Waals surface area contributed by atoms with E-state index in [9.17, 15) is 5.11 Å². The Labute approximate surface area is 94.7 Å². The minimum atomic E-state index is -0.372. The maximum Gasteiger partial charge on any atom is 0.0774 e. The van der Waals surface area contributed by atoms with Crippen LogP contribution in [0.2, 0.25) is 0 Å². The van der Waals surface area contributed by atoms with Crippen molar-refractivity contribution in [3.63, 3.8) is 0 Å². The quantitative estimate of drug-likeness (QED) is 0.733. The Morgan fingerprint density at radius 1 is 1.27 bits per heavy atom. The van der Waals surface area contributed by atoms with Crippen LogP contribution < -0.4 is 0 Å². The highest BCUT2D eigenvalue weighted by atomic mass is 16.3. The van der Waals surface area contributed by atoms with Crippen LogP contribution in [-0.4, -0.2) is 35.2 Å². The minimum absolute atomic E-state index is 0.372. The molecular weight excluding hydrogens is 186 g/mol. The standard InChI is InChI=1S/C13H27NO/c1-4-12(3)10-14(5-2)11-13(15)8-6-7-9-13/h12,15H,4-11H2,1-3H3. The summed E-state index contributed by atoms with van der Waals surface area (Å²) in [4.78, 5) is 2.42. The molecule has 1 fully saturated rings. The fourth-order valence-electron chi connectivity index (χ4n) is 2.48. The Balaban J connectivity index is 2.38. The summed E-state index contributed by atoms with van der Waals surface area (Å²) >= 11 is 0. The van der Waals surface area contributed by atoms with Crippen molar-refractivity contribution in [3.05, 3.63) is 0 Å². The molecule has 0 heterocycles. The summed E-state index contributed by atoms with van der Waals surface area (Å²) in [5.74, 6) is 0.745. The molecule has 0 bridgehead atoms. The van der Waals surface area contributed by atoms with Gasteiger partial charge in [0.15, 0.2) is 0 Å². The fraction of sp³-hybridized carbons (Fsp3) is 1.00. The smallest absolute Gasteiger partial charge is 0.0774 e. The van der Waals surface area contributed by atoms with Gasteiger partial charge in [-0.15, -0.1) is 0 Å². The molecule has 0 saturated heterocycles. The van der Waals surface area contributed by atoms with Gasteiger partial charge in [0.05, 0.1) is 5.60 Å². The first kappa shape index (κ1) is 13.0. The number of rotatable bonds is 6. The van der Waals surface area contributed by atoms with Gasteiger partial charge >= 0.3 is 0 Å². The van der Waals surface area contributed by atoms with Crippen LogP contribution in [0.15, 0.2) is 0 Å². The van der Waals surface area contributed by atoms with E-state index in [1.165, 1.54) is 19.3 Å². The Kier molecular flexibility index (Phi) is 5.07. The number of hydrogen-bond donors (Lipinski definition) is 1. The lowest BCUT2D eigenvalue weighted by Gasteiger charge is -2.32. The molecule has 1 atom stereocenters. The third-order valence-electron chi connectivity index (χ3n) is 3.77. The van der Waals surface area contributed by atoms with Crippen molar-refractivity contribution in [1.82, 2.24) is 4.90 Å². The van der Waals surface area contributed by atoms with Gasteiger partial charge in [-0.2, -0.15) is 0 Å². The van der Waals surface area contributed by atoms with Crippen molar-refractivity contribution in [3.8, 4) is 0 Å². The maximum absolute atomic E-state index is 10.3. The van der Waals surface area contributed by atoms with Crippen molar-refractivity contribution >= 4 is 0 Å². The molecule has 1 aliphatic carbocycles. The molecule has 0 aromatic carbocycles. The largest absolute Gasteiger partial charge is 0.389 e. The maximum atomic E-state index is 10.3. The molecule has 1 aliphatic rings. The summed E-state index contributed by atoms with van der Waals surface area (Å²) in [6.45, 7) is 9.81. The Morgan fingerprint density at radius 3 is 2.33 bits per heavy atom. The van der Waals surface area contributed by atoms with Crippen molar-refractivity contribution in [1.29, 1.82) is 0 Å². The van der Waals surface area contributed by atoms with E-state index in [1.54, 1.807) is 0 Å². The summed E-state index contributed by atoms with van der Waals surface area (Å²) in [5.41, 5.74) is -0.372. The molecule has 0 amide bonds. The molecule has 0 aliphatic heterocycles. The Morgan fingerprint density at radius 2 is 1.87 bits per heavy atom. The van der Waals surface area contributed by atoms with E-state index < -0.39 is 0 Å². The molecule has 0 aromatic rings. The number of aliphatic hydroxyl groups is 1. The molecule has 1 unspecified atom stereocenters. The molecular formula is C13H27NO. The third kappa shape index (κ3) is 4.12. The molecule has 15 heavy (non-hydrogen) atoms. The lowest BCUT2D eigenvalue weighted by atomic mass is 10.0. The van der Waals surface area contributed by atoms with Crippen LogP contribution in [-0.2, 0) is 0 Å². The number of nitrogens with zero attached hydrogens (tertiary/aromatic N) is 1. The van der Waals surface area contributed by atoms with Gasteiger partial charge in [0.2, 0.25) is 0 Å². The molecule has 1 saturated carbocycles. The molecule has 90 valence electrons. The highest BCUT2D eigenvalue weighted by Gasteiger charge is 2.32. The zero-order valence-electron chi connectivity index (χ0n) is 10.6. The molecule has 2 heteroatoms. The highest BCUT2D eigenvalue weighted by molar-refractivity contribution is 4.87. The first-order valence-electron chi connectivity index (χ1n) is 6.54. The van der Waals surface area contributed by atoms with Crippen LogP contribution in [0.3, 0.4) is 0 Å². The van der Waals surface area contributed by atoms with E-state index in [0.717, 1.165) is 38.4 Å². The second-order valence-corrected chi connectivity index (χ2v) is 5.27. The van der Waals surface area contributed by atoms with E-state index in [-0.39, 0.29) is 5.60 Å². The van der Waals surface area contributed by atoms with Crippen LogP contribution >= 0.6 is 0 Å². The average molecular weight is 213 g/mol. The summed E-state index contributed by atoms with van der Waals surface area (Å²) in [6, 6.07) is 0. The summed E-state index contributed by atoms with van der Waals surface area (Å²) in [6.07, 6.45) is 5.65. The van der Waals surface area contributed by atoms with Gasteiger partial charge in [0.1, 0.15) is 0 Å². The van der Waals surface area contributed by atoms with E-state index in [0.29, 0.717) is 0 Å². The van der Waals surface area contributed by atoms with E-state index >= 15 is 0 Å². The first-order valence-corrected chi connectivity index (χ1v) is 6.54. The lowest BCUT2D eigenvalue weighted by molar-refractivity contribution is 0.00724. The molecule has 0 radical (unpaired) electrons. The van der Waals surface area contributed by atoms with Crippen molar-refractivity contribution in [2.24, 2.45) is 5.92 Å². The van der Waals surface area contributed by atoms with Gasteiger partial charge in [-0.25, -0.2) is 0 Å². The van der Waals surface area contributed by atoms with Gasteiger partial charge in [-0.3, -0.25) is 0 Å². The Hall–Kier alpha value is -0.0800. The molecule has 1 N–H and O–H groups in total. The lowest BCUT2D eigenvalue weighted by Crippen LogP contribution is -2.42. The molecule has 2 nitrogen and oxygen atoms in total. The van der Waals surface area contributed by atoms with Crippen LogP contribution in [0.5, 0.6) is 0 Å². The van der Waals surface area contributed by atoms with Crippen LogP contribution in [0.25, 0.3) is 0 Å². The Bertz CT molecular complexity index is 175. The summed E-state index contributed by atoms with van der Waals surface area (Å²) < 4.78 is 0. The normalized spacial score (nSPS) is 22.2. The predicted octanol–water partition coefficient (Wildman–Crippen LogP) is 2.66. The summed E-state index contributed by atoms with van der Waals surface area (Å²) in [7, 11) is 0. The van der Waals surface area contributed by atoms with Crippen LogP contribution in [0, 0.1) is 5.92 Å². The molecule has 0 spiro atoms. The SMILES string of the molecule is CCC(C)CN(CC)CC1(O)CCCC1. The van der Waals surface area contributed by atoms with Crippen molar-refractivity contribution in [2.75, 3.05) is 19.6 Å². The van der Waals surface area contributed by atoms with E-state index in [1.807, 2.05) is 0 Å². The fourth-order valence-corrected chi connectivity index (χ4v) is 2.48. The van der Waals surface area contributed by atoms with Crippen LogP contribution in [0.4, 0.5) is 0 Å². The van der Waals surface area contributed by atoms with Crippen molar-refractivity contribution < 1.29 is 5.11 Å². The molecule has 0 aromatic heterocycles. The number of likely N-dealkylation sites (N-methyl/N-ethyl adjacent to an activating group) is 1. The second-order valence-electron chi connectivity index (χ2n) is 5.27. The van der Waals surface area contributed by atoms with Gasteiger partial charge in [0.25, 0.3) is 0 Å².